The van der Waals surface area contributed by atoms with Gasteiger partial charge in [0.15, 0.2) is 5.69 Å². The average molecular weight is 419 g/mol. The first-order valence-corrected chi connectivity index (χ1v) is 9.29. The summed E-state index contributed by atoms with van der Waals surface area (Å²) in [6.07, 6.45) is -1.04. The molecule has 0 aliphatic rings. The Bertz CT molecular complexity index is 963. The van der Waals surface area contributed by atoms with Gasteiger partial charge in [-0.1, -0.05) is 0 Å². The van der Waals surface area contributed by atoms with Crippen LogP contribution in [0.5, 0.6) is 0 Å². The molecule has 0 saturated heterocycles. The summed E-state index contributed by atoms with van der Waals surface area (Å²) >= 11 is 0.754. The van der Waals surface area contributed by atoms with E-state index < -0.39 is 44.7 Å². The normalized spacial score (nSPS) is 11.3. The SMILES string of the molecule is NC(N)NNC(=O)Nc1ccc(S(=O)(=O)Nc2scnc2C(=O)O)cc1F. The molecule has 0 fully saturated rings. The minimum Gasteiger partial charge on any atom is -0.476 e. The van der Waals surface area contributed by atoms with E-state index in [9.17, 15) is 22.4 Å². The molecule has 0 atom stereocenters. The van der Waals surface area contributed by atoms with E-state index in [1.807, 2.05) is 10.1 Å². The number of thiazole rings is 1. The van der Waals surface area contributed by atoms with Crippen LogP contribution in [0.2, 0.25) is 0 Å². The zero-order chi connectivity index (χ0) is 20.2. The van der Waals surface area contributed by atoms with Crippen LogP contribution in [-0.2, 0) is 10.0 Å². The van der Waals surface area contributed by atoms with Crippen LogP contribution in [0, 0.1) is 5.82 Å². The summed E-state index contributed by atoms with van der Waals surface area (Å²) in [4.78, 5) is 25.5. The number of nitrogens with one attached hydrogen (secondary N) is 4. The van der Waals surface area contributed by atoms with Gasteiger partial charge in [-0.15, -0.1) is 11.3 Å². The van der Waals surface area contributed by atoms with Gasteiger partial charge in [0, 0.05) is 0 Å². The molecule has 0 aliphatic heterocycles. The van der Waals surface area contributed by atoms with E-state index in [1.165, 1.54) is 0 Å². The van der Waals surface area contributed by atoms with Crippen molar-refractivity contribution in [1.82, 2.24) is 15.8 Å². The van der Waals surface area contributed by atoms with Gasteiger partial charge in [-0.3, -0.25) is 10.1 Å². The number of carbonyl (C=O) groups excluding carboxylic acids is 1. The number of carbonyl (C=O) groups is 2. The lowest BCUT2D eigenvalue weighted by Gasteiger charge is -2.12. The van der Waals surface area contributed by atoms with Crippen LogP contribution in [0.1, 0.15) is 10.5 Å². The van der Waals surface area contributed by atoms with Crippen molar-refractivity contribution >= 4 is 44.0 Å². The summed E-state index contributed by atoms with van der Waals surface area (Å²) in [5.41, 5.74) is 14.9. The first-order valence-electron chi connectivity index (χ1n) is 6.93. The van der Waals surface area contributed by atoms with Crippen molar-refractivity contribution in [3.63, 3.8) is 0 Å². The van der Waals surface area contributed by atoms with Crippen molar-refractivity contribution in [3.05, 3.63) is 35.2 Å². The van der Waals surface area contributed by atoms with E-state index in [-0.39, 0.29) is 10.7 Å². The zero-order valence-electron chi connectivity index (χ0n) is 13.3. The molecule has 0 unspecified atom stereocenters. The minimum absolute atomic E-state index is 0.228. The minimum atomic E-state index is -4.29. The zero-order valence-corrected chi connectivity index (χ0v) is 14.9. The van der Waals surface area contributed by atoms with E-state index in [2.05, 4.69) is 15.7 Å². The number of amides is 2. The number of hydrogen-bond acceptors (Lipinski definition) is 9. The highest BCUT2D eigenvalue weighted by molar-refractivity contribution is 7.93. The maximum Gasteiger partial charge on any atom is 0.357 e. The van der Waals surface area contributed by atoms with Crippen LogP contribution in [0.15, 0.2) is 28.6 Å². The summed E-state index contributed by atoms with van der Waals surface area (Å²) < 4.78 is 40.8. The van der Waals surface area contributed by atoms with Crippen LogP contribution < -0.4 is 32.4 Å². The van der Waals surface area contributed by atoms with E-state index in [0.717, 1.165) is 29.0 Å². The first-order chi connectivity index (χ1) is 12.6. The van der Waals surface area contributed by atoms with Crippen molar-refractivity contribution < 1.29 is 27.5 Å². The molecule has 12 nitrogen and oxygen atoms in total. The Morgan fingerprint density at radius 3 is 2.59 bits per heavy atom. The van der Waals surface area contributed by atoms with E-state index in [4.69, 9.17) is 16.6 Å². The Morgan fingerprint density at radius 1 is 1.30 bits per heavy atom. The van der Waals surface area contributed by atoms with Gasteiger partial charge in [0.2, 0.25) is 0 Å². The van der Waals surface area contributed by atoms with Gasteiger partial charge in [-0.25, -0.2) is 32.8 Å². The number of nitrogens with zero attached hydrogens (tertiary/aromatic N) is 1. The fourth-order valence-electron chi connectivity index (χ4n) is 1.72. The number of carboxylic acids is 1. The quantitative estimate of drug-likeness (QED) is 0.230. The third kappa shape index (κ3) is 5.31. The lowest BCUT2D eigenvalue weighted by molar-refractivity contribution is 0.0692. The number of anilines is 2. The van der Waals surface area contributed by atoms with Gasteiger partial charge >= 0.3 is 12.0 Å². The van der Waals surface area contributed by atoms with Gasteiger partial charge in [-0.05, 0) is 18.2 Å². The van der Waals surface area contributed by atoms with Crippen LogP contribution in [0.25, 0.3) is 0 Å². The molecule has 1 heterocycles. The van der Waals surface area contributed by atoms with Crippen LogP contribution >= 0.6 is 11.3 Å². The first kappa shape index (κ1) is 20.5. The summed E-state index contributed by atoms with van der Waals surface area (Å²) in [5.74, 6) is -2.47. The molecule has 2 amide bonds. The standard InChI is InChI=1S/C12H14FN7O5S2/c13-6-3-5(1-2-7(6)17-12(23)19-18-11(14)15)27(24,25)20-9-8(10(21)22)16-4-26-9/h1-4,11,18,20H,14-15H2,(H,21,22)(H2,17,19,23). The molecule has 0 radical (unpaired) electrons. The van der Waals surface area contributed by atoms with Crippen LogP contribution in [0.4, 0.5) is 19.9 Å². The van der Waals surface area contributed by atoms with E-state index in [0.29, 0.717) is 6.07 Å². The second-order valence-electron chi connectivity index (χ2n) is 4.83. The molecule has 2 aromatic rings. The maximum absolute atomic E-state index is 14.1. The van der Waals surface area contributed by atoms with Crippen molar-refractivity contribution in [2.24, 2.45) is 11.5 Å². The van der Waals surface area contributed by atoms with E-state index in [1.54, 1.807) is 0 Å². The Morgan fingerprint density at radius 2 is 2.00 bits per heavy atom. The second kappa shape index (κ2) is 8.23. The molecule has 15 heteroatoms. The van der Waals surface area contributed by atoms with Gasteiger partial charge in [-0.2, -0.15) is 0 Å². The predicted molar refractivity (Wildman–Crippen MR) is 93.7 cm³/mol. The Hall–Kier alpha value is -2.85. The smallest absolute Gasteiger partial charge is 0.357 e. The topological polar surface area (TPSA) is 202 Å². The summed E-state index contributed by atoms with van der Waals surface area (Å²) in [5, 5.41) is 10.8. The number of aromatic carboxylic acids is 1. The number of nitrogens with two attached hydrogens (primary N) is 2. The molecular formula is C12H14FN7O5S2. The van der Waals surface area contributed by atoms with Crippen molar-refractivity contribution in [2.75, 3.05) is 10.0 Å². The number of hydrogen-bond donors (Lipinski definition) is 7. The largest absolute Gasteiger partial charge is 0.476 e. The fourth-order valence-corrected chi connectivity index (χ4v) is 3.72. The maximum atomic E-state index is 14.1. The predicted octanol–water partition coefficient (Wildman–Crippen LogP) is -0.392. The fraction of sp³-hybridized carbons (Fsp3) is 0.0833. The van der Waals surface area contributed by atoms with E-state index >= 15 is 0 Å². The highest BCUT2D eigenvalue weighted by Crippen LogP contribution is 2.25. The molecule has 0 aliphatic carbocycles. The van der Waals surface area contributed by atoms with Crippen molar-refractivity contribution in [3.8, 4) is 0 Å². The molecule has 2 rings (SSSR count). The summed E-state index contributed by atoms with van der Waals surface area (Å²) in [7, 11) is -4.29. The Kier molecular flexibility index (Phi) is 6.24. The number of rotatable bonds is 7. The number of benzene rings is 1. The van der Waals surface area contributed by atoms with Gasteiger partial charge < -0.3 is 21.9 Å². The molecule has 0 bridgehead atoms. The Labute approximate surface area is 155 Å². The van der Waals surface area contributed by atoms with Crippen LogP contribution in [0.3, 0.4) is 0 Å². The third-order valence-electron chi connectivity index (χ3n) is 2.85. The average Bonchev–Trinajstić information content (AvgIpc) is 3.02. The highest BCUT2D eigenvalue weighted by atomic mass is 32.2. The number of aromatic nitrogens is 1. The molecule has 1 aromatic carbocycles. The molecule has 27 heavy (non-hydrogen) atoms. The molecular weight excluding hydrogens is 405 g/mol. The summed E-state index contributed by atoms with van der Waals surface area (Å²) in [6.45, 7) is 0. The molecule has 1 aromatic heterocycles. The number of sulfonamides is 1. The third-order valence-corrected chi connectivity index (χ3v) is 5.07. The van der Waals surface area contributed by atoms with Gasteiger partial charge in [0.25, 0.3) is 10.0 Å². The van der Waals surface area contributed by atoms with Crippen molar-refractivity contribution in [1.29, 1.82) is 0 Å². The lowest BCUT2D eigenvalue weighted by atomic mass is 10.3. The number of carboxylic acid groups (broad SMARTS) is 1. The molecule has 146 valence electrons. The van der Waals surface area contributed by atoms with Crippen LogP contribution in [-0.4, -0.2) is 36.8 Å². The summed E-state index contributed by atoms with van der Waals surface area (Å²) in [6, 6.07) is 1.79. The number of hydrazine groups is 1. The lowest BCUT2D eigenvalue weighted by Crippen LogP contribution is -2.54. The highest BCUT2D eigenvalue weighted by Gasteiger charge is 2.22. The second-order valence-corrected chi connectivity index (χ2v) is 7.37. The molecule has 0 saturated carbocycles. The number of urea groups is 1. The van der Waals surface area contributed by atoms with Crippen molar-refractivity contribution in [2.45, 2.75) is 11.2 Å². The number of halogens is 1. The Balaban J connectivity index is 2.17. The molecule has 0 spiro atoms. The van der Waals surface area contributed by atoms with Gasteiger partial charge in [0.05, 0.1) is 16.1 Å². The monoisotopic (exact) mass is 419 g/mol. The van der Waals surface area contributed by atoms with Gasteiger partial charge in [0.1, 0.15) is 17.1 Å². The molecule has 9 N–H and O–H groups in total.